The average Bonchev–Trinajstić information content (AvgIpc) is 3.26. The van der Waals surface area contributed by atoms with Gasteiger partial charge < -0.3 is 18.6 Å². The zero-order valence-corrected chi connectivity index (χ0v) is 18.9. The minimum Gasteiger partial charge on any atom is -0.493 e. The molecule has 0 aliphatic carbocycles. The van der Waals surface area contributed by atoms with Gasteiger partial charge in [-0.2, -0.15) is 21.6 Å². The van der Waals surface area contributed by atoms with Crippen LogP contribution in [-0.2, 0) is 32.4 Å². The first-order valence-corrected chi connectivity index (χ1v) is 11.6. The number of carbonyl (C=O) groups excluding carboxylic acids is 1. The van der Waals surface area contributed by atoms with Crippen molar-refractivity contribution < 1.29 is 40.0 Å². The predicted molar refractivity (Wildman–Crippen MR) is 112 cm³/mol. The number of halogens is 3. The molecule has 1 amide bonds. The summed E-state index contributed by atoms with van der Waals surface area (Å²) < 4.78 is 80.2. The lowest BCUT2D eigenvalue weighted by molar-refractivity contribution is -0.137. The molecule has 0 radical (unpaired) electrons. The minimum atomic E-state index is -4.71. The Balaban J connectivity index is 1.85. The third-order valence-electron chi connectivity index (χ3n) is 5.14. The Labute approximate surface area is 190 Å². The molecule has 2 aromatic carbocycles. The molecular weight excluding hydrogens is 463 g/mol. The quantitative estimate of drug-likeness (QED) is 0.524. The standard InChI is InChI=1S/C22H24F3NO6S/c1-15(27)26(14-18-6-4-10-31-18)13-16-8-9-20(30-2)21(11-16)32-33(28,29)19-7-3-5-17(12-19)22(23,24)25/h3,5,7-9,11-12,18H,4,6,10,13-14H2,1-2H3/t18-/m0/s1. The van der Waals surface area contributed by atoms with Crippen LogP contribution < -0.4 is 8.92 Å². The van der Waals surface area contributed by atoms with Gasteiger partial charge in [0, 0.05) is 26.6 Å². The molecule has 11 heteroatoms. The van der Waals surface area contributed by atoms with Crippen LogP contribution in [0.3, 0.4) is 0 Å². The fraction of sp³-hybridized carbons (Fsp3) is 0.409. The maximum Gasteiger partial charge on any atom is 0.416 e. The zero-order chi connectivity index (χ0) is 24.2. The van der Waals surface area contributed by atoms with E-state index in [0.717, 1.165) is 31.0 Å². The minimum absolute atomic E-state index is 0.0656. The van der Waals surface area contributed by atoms with Crippen molar-refractivity contribution >= 4 is 16.0 Å². The Morgan fingerprint density at radius 3 is 2.55 bits per heavy atom. The summed E-state index contributed by atoms with van der Waals surface area (Å²) in [4.78, 5) is 13.0. The Kier molecular flexibility index (Phi) is 7.53. The molecule has 0 saturated carbocycles. The summed E-state index contributed by atoms with van der Waals surface area (Å²) in [5, 5.41) is 0. The second-order valence-corrected chi connectivity index (χ2v) is 9.13. The molecule has 1 aliphatic heterocycles. The van der Waals surface area contributed by atoms with Gasteiger partial charge in [-0.15, -0.1) is 0 Å². The number of hydrogen-bond donors (Lipinski definition) is 0. The third kappa shape index (κ3) is 6.38. The molecule has 1 atom stereocenters. The number of benzene rings is 2. The number of rotatable bonds is 8. The van der Waals surface area contributed by atoms with Gasteiger partial charge in [0.2, 0.25) is 5.91 Å². The Morgan fingerprint density at radius 1 is 1.18 bits per heavy atom. The van der Waals surface area contributed by atoms with Crippen LogP contribution in [0.5, 0.6) is 11.5 Å². The van der Waals surface area contributed by atoms with Gasteiger partial charge in [0.05, 0.1) is 18.8 Å². The first-order valence-electron chi connectivity index (χ1n) is 10.2. The average molecular weight is 487 g/mol. The van der Waals surface area contributed by atoms with Crippen molar-refractivity contribution in [2.45, 2.75) is 43.5 Å². The fourth-order valence-corrected chi connectivity index (χ4v) is 4.42. The number of alkyl halides is 3. The maximum absolute atomic E-state index is 13.0. The molecule has 1 saturated heterocycles. The third-order valence-corrected chi connectivity index (χ3v) is 6.37. The van der Waals surface area contributed by atoms with Crippen LogP contribution >= 0.6 is 0 Å². The SMILES string of the molecule is COc1ccc(CN(C[C@@H]2CCCO2)C(C)=O)cc1OS(=O)(=O)c1cccc(C(F)(F)F)c1. The van der Waals surface area contributed by atoms with Crippen LogP contribution in [0.15, 0.2) is 47.4 Å². The van der Waals surface area contributed by atoms with Crippen LogP contribution in [0, 0.1) is 0 Å². The summed E-state index contributed by atoms with van der Waals surface area (Å²) in [5.41, 5.74) is -0.558. The van der Waals surface area contributed by atoms with Gasteiger partial charge in [0.25, 0.3) is 0 Å². The van der Waals surface area contributed by atoms with E-state index < -0.39 is 26.8 Å². The van der Waals surface area contributed by atoms with Crippen LogP contribution in [0.1, 0.15) is 30.9 Å². The van der Waals surface area contributed by atoms with E-state index >= 15 is 0 Å². The zero-order valence-electron chi connectivity index (χ0n) is 18.1. The summed E-state index contributed by atoms with van der Waals surface area (Å²) in [6.07, 6.45) is -3.01. The van der Waals surface area contributed by atoms with E-state index in [1.807, 2.05) is 0 Å². The lowest BCUT2D eigenvalue weighted by Crippen LogP contribution is -2.35. The fourth-order valence-electron chi connectivity index (χ4n) is 3.44. The van der Waals surface area contributed by atoms with Crippen molar-refractivity contribution in [2.24, 2.45) is 0 Å². The molecule has 33 heavy (non-hydrogen) atoms. The molecule has 0 unspecified atom stereocenters. The van der Waals surface area contributed by atoms with Crippen molar-refractivity contribution in [1.82, 2.24) is 4.90 Å². The second-order valence-electron chi connectivity index (χ2n) is 7.58. The first kappa shape index (κ1) is 24.8. The molecule has 0 N–H and O–H groups in total. The van der Waals surface area contributed by atoms with Crippen LogP contribution in [0.25, 0.3) is 0 Å². The summed E-state index contributed by atoms with van der Waals surface area (Å²) >= 11 is 0. The monoisotopic (exact) mass is 487 g/mol. The van der Waals surface area contributed by atoms with Crippen molar-refractivity contribution in [3.63, 3.8) is 0 Å². The van der Waals surface area contributed by atoms with Crippen molar-refractivity contribution in [1.29, 1.82) is 0 Å². The highest BCUT2D eigenvalue weighted by molar-refractivity contribution is 7.87. The van der Waals surface area contributed by atoms with E-state index in [1.165, 1.54) is 26.2 Å². The van der Waals surface area contributed by atoms with E-state index in [4.69, 9.17) is 13.7 Å². The number of hydrogen-bond acceptors (Lipinski definition) is 6. The van der Waals surface area contributed by atoms with Crippen molar-refractivity contribution in [3.05, 3.63) is 53.6 Å². The predicted octanol–water partition coefficient (Wildman–Crippen LogP) is 4.01. The van der Waals surface area contributed by atoms with E-state index in [-0.39, 0.29) is 30.1 Å². The lowest BCUT2D eigenvalue weighted by Gasteiger charge is -2.24. The highest BCUT2D eigenvalue weighted by atomic mass is 32.2. The van der Waals surface area contributed by atoms with Crippen LogP contribution in [0.2, 0.25) is 0 Å². The molecule has 1 heterocycles. The van der Waals surface area contributed by atoms with Crippen molar-refractivity contribution in [2.75, 3.05) is 20.3 Å². The maximum atomic E-state index is 13.0. The lowest BCUT2D eigenvalue weighted by atomic mass is 10.1. The summed E-state index contributed by atoms with van der Waals surface area (Å²) in [5.74, 6) is -0.309. The number of nitrogens with zero attached hydrogens (tertiary/aromatic N) is 1. The smallest absolute Gasteiger partial charge is 0.416 e. The number of carbonyl (C=O) groups is 1. The van der Waals surface area contributed by atoms with Gasteiger partial charge in [-0.05, 0) is 48.7 Å². The molecule has 3 rings (SSSR count). The van der Waals surface area contributed by atoms with E-state index in [2.05, 4.69) is 0 Å². The molecular formula is C22H24F3NO6S. The Morgan fingerprint density at radius 2 is 1.94 bits per heavy atom. The van der Waals surface area contributed by atoms with Gasteiger partial charge in [0.1, 0.15) is 4.90 Å². The second kappa shape index (κ2) is 10.0. The molecule has 7 nitrogen and oxygen atoms in total. The summed E-state index contributed by atoms with van der Waals surface area (Å²) in [6, 6.07) is 7.78. The molecule has 1 fully saturated rings. The highest BCUT2D eigenvalue weighted by Gasteiger charge is 2.32. The van der Waals surface area contributed by atoms with E-state index in [0.29, 0.717) is 24.8 Å². The van der Waals surface area contributed by atoms with Gasteiger partial charge in [0.15, 0.2) is 11.5 Å². The largest absolute Gasteiger partial charge is 0.493 e. The van der Waals surface area contributed by atoms with Gasteiger partial charge in [-0.3, -0.25) is 4.79 Å². The van der Waals surface area contributed by atoms with Gasteiger partial charge >= 0.3 is 16.3 Å². The molecule has 0 bridgehead atoms. The summed E-state index contributed by atoms with van der Waals surface area (Å²) in [7, 11) is -3.29. The van der Waals surface area contributed by atoms with Gasteiger partial charge in [-0.1, -0.05) is 12.1 Å². The van der Waals surface area contributed by atoms with Crippen LogP contribution in [0.4, 0.5) is 13.2 Å². The summed E-state index contributed by atoms with van der Waals surface area (Å²) in [6.45, 7) is 2.62. The Bertz CT molecular complexity index is 1100. The normalized spacial score (nSPS) is 16.5. The number of ether oxygens (including phenoxy) is 2. The number of methoxy groups -OCH3 is 1. The van der Waals surface area contributed by atoms with E-state index in [1.54, 1.807) is 11.0 Å². The molecule has 180 valence electrons. The number of amides is 1. The molecule has 0 spiro atoms. The first-order chi connectivity index (χ1) is 15.5. The van der Waals surface area contributed by atoms with Crippen molar-refractivity contribution in [3.8, 4) is 11.5 Å². The van der Waals surface area contributed by atoms with E-state index in [9.17, 15) is 26.4 Å². The molecule has 2 aromatic rings. The molecule has 1 aliphatic rings. The van der Waals surface area contributed by atoms with Gasteiger partial charge in [-0.25, -0.2) is 0 Å². The molecule has 0 aromatic heterocycles. The Hall–Kier alpha value is -2.79. The van der Waals surface area contributed by atoms with Crippen LogP contribution in [-0.4, -0.2) is 45.6 Å². The topological polar surface area (TPSA) is 82.1 Å². The highest BCUT2D eigenvalue weighted by Crippen LogP contribution is 2.34.